The molecule has 0 unspecified atom stereocenters. The third-order valence-electron chi connectivity index (χ3n) is 1.98. The maximum Gasteiger partial charge on any atom is 0.220 e. The molecule has 0 saturated heterocycles. The molecule has 0 radical (unpaired) electrons. The third-order valence-corrected chi connectivity index (χ3v) is 3.09. The molecule has 0 saturated carbocycles. The highest BCUT2D eigenvalue weighted by Gasteiger charge is 2.01. The van der Waals surface area contributed by atoms with Gasteiger partial charge in [0, 0.05) is 18.7 Å². The van der Waals surface area contributed by atoms with Crippen molar-refractivity contribution in [1.82, 2.24) is 5.32 Å². The molecule has 0 atom stereocenters. The molecule has 1 amide bonds. The molecule has 0 fully saturated rings. The second-order valence-corrected chi connectivity index (χ2v) is 5.55. The van der Waals surface area contributed by atoms with E-state index in [1.54, 1.807) is 0 Å². The van der Waals surface area contributed by atoms with Crippen molar-refractivity contribution in [3.63, 3.8) is 0 Å². The van der Waals surface area contributed by atoms with E-state index in [1.165, 1.54) is 0 Å². The van der Waals surface area contributed by atoms with Gasteiger partial charge in [-0.15, -0.1) is 0 Å². The number of thioether (sulfide) groups is 1. The van der Waals surface area contributed by atoms with E-state index >= 15 is 0 Å². The first-order valence-electron chi connectivity index (χ1n) is 5.75. The Balaban J connectivity index is 3.19. The molecule has 0 heterocycles. The van der Waals surface area contributed by atoms with E-state index in [2.05, 4.69) is 19.2 Å². The molecule has 0 rings (SSSR count). The Hall–Kier alpha value is -0.220. The molecule has 0 bridgehead atoms. The Kier molecular flexibility index (Phi) is 10.2. The Morgan fingerprint density at radius 2 is 2.07 bits per heavy atom. The molecule has 0 aliphatic heterocycles. The molecule has 0 aromatic rings. The van der Waals surface area contributed by atoms with Gasteiger partial charge in [-0.05, 0) is 24.6 Å². The molecule has 0 aliphatic carbocycles. The SMILES string of the molecule is CC(C)SCCC(=O)NCCCCCN. The summed E-state index contributed by atoms with van der Waals surface area (Å²) in [5.41, 5.74) is 5.37. The lowest BCUT2D eigenvalue weighted by Gasteiger charge is -2.06. The van der Waals surface area contributed by atoms with Gasteiger partial charge in [0.25, 0.3) is 0 Å². The fourth-order valence-corrected chi connectivity index (χ4v) is 1.92. The van der Waals surface area contributed by atoms with Crippen molar-refractivity contribution in [2.45, 2.75) is 44.8 Å². The molecule has 0 aliphatic rings. The van der Waals surface area contributed by atoms with E-state index in [9.17, 15) is 4.79 Å². The second kappa shape index (κ2) is 10.3. The highest BCUT2D eigenvalue weighted by Crippen LogP contribution is 2.09. The number of carbonyl (C=O) groups is 1. The zero-order valence-corrected chi connectivity index (χ0v) is 10.7. The Morgan fingerprint density at radius 3 is 2.67 bits per heavy atom. The van der Waals surface area contributed by atoms with E-state index in [-0.39, 0.29) is 5.91 Å². The van der Waals surface area contributed by atoms with Gasteiger partial charge in [0.2, 0.25) is 5.91 Å². The monoisotopic (exact) mass is 232 g/mol. The number of nitrogens with one attached hydrogen (secondary N) is 1. The van der Waals surface area contributed by atoms with Crippen LogP contribution in [0.15, 0.2) is 0 Å². The fourth-order valence-electron chi connectivity index (χ4n) is 1.15. The molecule has 0 spiro atoms. The predicted molar refractivity (Wildman–Crippen MR) is 68.1 cm³/mol. The van der Waals surface area contributed by atoms with Crippen LogP contribution in [-0.2, 0) is 4.79 Å². The van der Waals surface area contributed by atoms with E-state index in [1.807, 2.05) is 11.8 Å². The summed E-state index contributed by atoms with van der Waals surface area (Å²) in [5, 5.41) is 3.54. The first kappa shape index (κ1) is 14.8. The maximum absolute atomic E-state index is 11.3. The molecule has 4 heteroatoms. The van der Waals surface area contributed by atoms with Gasteiger partial charge in [-0.1, -0.05) is 20.3 Å². The summed E-state index contributed by atoms with van der Waals surface area (Å²) in [6.07, 6.45) is 3.84. The van der Waals surface area contributed by atoms with Crippen LogP contribution < -0.4 is 11.1 Å². The van der Waals surface area contributed by atoms with Crippen LogP contribution in [0.1, 0.15) is 39.5 Å². The minimum Gasteiger partial charge on any atom is -0.356 e. The Bertz CT molecular complexity index is 163. The lowest BCUT2D eigenvalue weighted by molar-refractivity contribution is -0.120. The van der Waals surface area contributed by atoms with Gasteiger partial charge in [0.1, 0.15) is 0 Å². The molecular weight excluding hydrogens is 208 g/mol. The first-order chi connectivity index (χ1) is 7.16. The van der Waals surface area contributed by atoms with Gasteiger partial charge < -0.3 is 11.1 Å². The van der Waals surface area contributed by atoms with Crippen molar-refractivity contribution in [2.75, 3.05) is 18.8 Å². The number of hydrogen-bond donors (Lipinski definition) is 2. The summed E-state index contributed by atoms with van der Waals surface area (Å²) in [6, 6.07) is 0. The topological polar surface area (TPSA) is 55.1 Å². The summed E-state index contributed by atoms with van der Waals surface area (Å²) < 4.78 is 0. The summed E-state index contributed by atoms with van der Waals surface area (Å²) in [5.74, 6) is 1.10. The first-order valence-corrected chi connectivity index (χ1v) is 6.80. The van der Waals surface area contributed by atoms with Crippen molar-refractivity contribution in [3.05, 3.63) is 0 Å². The standard InChI is InChI=1S/C11H24N2OS/c1-10(2)15-9-6-11(14)13-8-5-3-4-7-12/h10H,3-9,12H2,1-2H3,(H,13,14). The lowest BCUT2D eigenvalue weighted by Crippen LogP contribution is -2.24. The van der Waals surface area contributed by atoms with Crippen LogP contribution >= 0.6 is 11.8 Å². The zero-order valence-electron chi connectivity index (χ0n) is 9.92. The molecule has 15 heavy (non-hydrogen) atoms. The highest BCUT2D eigenvalue weighted by atomic mass is 32.2. The lowest BCUT2D eigenvalue weighted by atomic mass is 10.2. The van der Waals surface area contributed by atoms with Gasteiger partial charge in [-0.3, -0.25) is 4.79 Å². The highest BCUT2D eigenvalue weighted by molar-refractivity contribution is 7.99. The summed E-state index contributed by atoms with van der Waals surface area (Å²) in [7, 11) is 0. The van der Waals surface area contributed by atoms with Gasteiger partial charge in [0.05, 0.1) is 0 Å². The van der Waals surface area contributed by atoms with Crippen molar-refractivity contribution in [2.24, 2.45) is 5.73 Å². The van der Waals surface area contributed by atoms with Gasteiger partial charge in [-0.2, -0.15) is 11.8 Å². The second-order valence-electron chi connectivity index (χ2n) is 3.87. The zero-order chi connectivity index (χ0) is 11.5. The van der Waals surface area contributed by atoms with Crippen molar-refractivity contribution >= 4 is 17.7 Å². The minimum atomic E-state index is 0.177. The van der Waals surface area contributed by atoms with E-state index in [0.717, 1.165) is 38.1 Å². The van der Waals surface area contributed by atoms with Crippen LogP contribution in [0.4, 0.5) is 0 Å². The number of unbranched alkanes of at least 4 members (excludes halogenated alkanes) is 2. The molecular formula is C11H24N2OS. The fraction of sp³-hybridized carbons (Fsp3) is 0.909. The van der Waals surface area contributed by atoms with E-state index < -0.39 is 0 Å². The van der Waals surface area contributed by atoms with Crippen LogP contribution in [-0.4, -0.2) is 30.0 Å². The predicted octanol–water partition coefficient (Wildman–Crippen LogP) is 1.76. The number of carbonyl (C=O) groups excluding carboxylic acids is 1. The number of hydrogen-bond acceptors (Lipinski definition) is 3. The largest absolute Gasteiger partial charge is 0.356 e. The molecule has 3 N–H and O–H groups in total. The minimum absolute atomic E-state index is 0.177. The number of rotatable bonds is 9. The Morgan fingerprint density at radius 1 is 1.33 bits per heavy atom. The van der Waals surface area contributed by atoms with Gasteiger partial charge in [0.15, 0.2) is 0 Å². The summed E-state index contributed by atoms with van der Waals surface area (Å²) in [4.78, 5) is 11.3. The van der Waals surface area contributed by atoms with E-state index in [0.29, 0.717) is 11.7 Å². The average molecular weight is 232 g/mol. The quantitative estimate of drug-likeness (QED) is 0.596. The van der Waals surface area contributed by atoms with Crippen molar-refractivity contribution in [3.8, 4) is 0 Å². The molecule has 0 aromatic heterocycles. The number of amides is 1. The Labute approximate surface area is 97.6 Å². The van der Waals surface area contributed by atoms with Crippen molar-refractivity contribution < 1.29 is 4.79 Å². The average Bonchev–Trinajstić information content (AvgIpc) is 2.17. The van der Waals surface area contributed by atoms with Crippen LogP contribution in [0.2, 0.25) is 0 Å². The van der Waals surface area contributed by atoms with Crippen molar-refractivity contribution in [1.29, 1.82) is 0 Å². The molecule has 90 valence electrons. The maximum atomic E-state index is 11.3. The normalized spacial score (nSPS) is 10.7. The van der Waals surface area contributed by atoms with Crippen LogP contribution in [0, 0.1) is 0 Å². The number of nitrogens with two attached hydrogens (primary N) is 1. The van der Waals surface area contributed by atoms with Crippen LogP contribution in [0.25, 0.3) is 0 Å². The smallest absolute Gasteiger partial charge is 0.220 e. The van der Waals surface area contributed by atoms with Crippen LogP contribution in [0.3, 0.4) is 0 Å². The molecule has 0 aromatic carbocycles. The third kappa shape index (κ3) is 11.7. The summed E-state index contributed by atoms with van der Waals surface area (Å²) >= 11 is 1.83. The summed E-state index contributed by atoms with van der Waals surface area (Å²) in [6.45, 7) is 5.84. The van der Waals surface area contributed by atoms with Crippen LogP contribution in [0.5, 0.6) is 0 Å². The van der Waals surface area contributed by atoms with Gasteiger partial charge >= 0.3 is 0 Å². The van der Waals surface area contributed by atoms with E-state index in [4.69, 9.17) is 5.73 Å². The molecule has 3 nitrogen and oxygen atoms in total. The van der Waals surface area contributed by atoms with Gasteiger partial charge in [-0.25, -0.2) is 0 Å².